The summed E-state index contributed by atoms with van der Waals surface area (Å²) in [5.74, 6) is 0.829. The molecular weight excluding hydrogens is 335 g/mol. The molecule has 0 bridgehead atoms. The second-order valence-electron chi connectivity index (χ2n) is 6.45. The molecule has 1 unspecified atom stereocenters. The Morgan fingerprint density at radius 2 is 1.64 bits per heavy atom. The first kappa shape index (κ1) is 19.6. The van der Waals surface area contributed by atoms with Crippen LogP contribution in [0.25, 0.3) is 0 Å². The van der Waals surface area contributed by atoms with Gasteiger partial charge in [-0.2, -0.15) is 0 Å². The molecule has 2 rings (SSSR count). The van der Waals surface area contributed by atoms with Gasteiger partial charge in [-0.3, -0.25) is 4.89 Å². The lowest BCUT2D eigenvalue weighted by Gasteiger charge is -2.20. The average Bonchev–Trinajstić information content (AvgIpc) is 2.55. The zero-order valence-corrected chi connectivity index (χ0v) is 16.5. The number of unbranched alkanes of at least 4 members (excludes halogenated alkanes) is 1. The molecule has 136 valence electrons. The van der Waals surface area contributed by atoms with Crippen molar-refractivity contribution in [1.29, 1.82) is 0 Å². The van der Waals surface area contributed by atoms with Crippen LogP contribution in [0.5, 0.6) is 11.5 Å². The lowest BCUT2D eigenvalue weighted by molar-refractivity contribution is 0.288. The fourth-order valence-corrected chi connectivity index (χ4v) is 3.59. The first-order valence-electron chi connectivity index (χ1n) is 8.62. The van der Waals surface area contributed by atoms with Gasteiger partial charge in [0.05, 0.1) is 0 Å². The summed E-state index contributed by atoms with van der Waals surface area (Å²) in [6.07, 6.45) is 2.84. The van der Waals surface area contributed by atoms with Crippen molar-refractivity contribution >= 4 is 7.82 Å². The minimum Gasteiger partial charge on any atom is -0.395 e. The Balaban J connectivity index is 2.32. The number of phosphoric ester groups is 1. The quantitative estimate of drug-likeness (QED) is 0.631. The molecule has 0 saturated heterocycles. The fourth-order valence-electron chi connectivity index (χ4n) is 2.62. The minimum absolute atomic E-state index is 0.367. The number of benzene rings is 2. The maximum absolute atomic E-state index is 12.6. The van der Waals surface area contributed by atoms with Gasteiger partial charge in [0.2, 0.25) is 0 Å². The molecule has 0 aromatic heterocycles. The standard InChI is InChI=1S/C20H27O4P/c1-6-7-10-18-13-12-15(3)17(5)20(18)24-25(21,22)23-19-11-8-9-14(2)16(19)4/h8-9,11-13H,6-7,10H2,1-5H3,(H,21,22). The van der Waals surface area contributed by atoms with Gasteiger partial charge in [-0.15, -0.1) is 0 Å². The van der Waals surface area contributed by atoms with Crippen molar-refractivity contribution in [3.8, 4) is 11.5 Å². The van der Waals surface area contributed by atoms with Gasteiger partial charge in [0.15, 0.2) is 0 Å². The Kier molecular flexibility index (Phi) is 6.31. The average molecular weight is 362 g/mol. The molecule has 0 aliphatic rings. The summed E-state index contributed by atoms with van der Waals surface area (Å²) < 4.78 is 23.5. The van der Waals surface area contributed by atoms with Gasteiger partial charge in [-0.25, -0.2) is 4.57 Å². The molecule has 0 saturated carbocycles. The summed E-state index contributed by atoms with van der Waals surface area (Å²) >= 11 is 0. The van der Waals surface area contributed by atoms with E-state index in [0.717, 1.165) is 47.1 Å². The van der Waals surface area contributed by atoms with E-state index in [4.69, 9.17) is 9.05 Å². The molecule has 5 heteroatoms. The van der Waals surface area contributed by atoms with Gasteiger partial charge in [-0.1, -0.05) is 37.6 Å². The van der Waals surface area contributed by atoms with E-state index >= 15 is 0 Å². The third kappa shape index (κ3) is 4.87. The van der Waals surface area contributed by atoms with E-state index < -0.39 is 7.82 Å². The van der Waals surface area contributed by atoms with Gasteiger partial charge in [0, 0.05) is 0 Å². The molecule has 2 aromatic rings. The zero-order valence-electron chi connectivity index (χ0n) is 15.6. The monoisotopic (exact) mass is 362 g/mol. The Hall–Kier alpha value is -1.77. The second-order valence-corrected chi connectivity index (χ2v) is 7.75. The number of aryl methyl sites for hydroxylation is 3. The first-order chi connectivity index (χ1) is 11.7. The van der Waals surface area contributed by atoms with Crippen molar-refractivity contribution in [2.24, 2.45) is 0 Å². The van der Waals surface area contributed by atoms with Crippen LogP contribution in [0.15, 0.2) is 30.3 Å². The van der Waals surface area contributed by atoms with Gasteiger partial charge < -0.3 is 9.05 Å². The highest BCUT2D eigenvalue weighted by molar-refractivity contribution is 7.48. The van der Waals surface area contributed by atoms with Crippen LogP contribution in [0.1, 0.15) is 47.6 Å². The van der Waals surface area contributed by atoms with Crippen LogP contribution in [-0.2, 0) is 11.0 Å². The van der Waals surface area contributed by atoms with E-state index in [1.54, 1.807) is 12.1 Å². The van der Waals surface area contributed by atoms with Crippen LogP contribution in [0, 0.1) is 27.7 Å². The summed E-state index contributed by atoms with van der Waals surface area (Å²) in [6, 6.07) is 9.38. The van der Waals surface area contributed by atoms with E-state index in [-0.39, 0.29) is 0 Å². The third-order valence-electron chi connectivity index (χ3n) is 4.53. The molecule has 2 aromatic carbocycles. The van der Waals surface area contributed by atoms with Gasteiger partial charge >= 0.3 is 7.82 Å². The SMILES string of the molecule is CCCCc1ccc(C)c(C)c1OP(=O)(O)Oc1cccc(C)c1C. The maximum atomic E-state index is 12.6. The summed E-state index contributed by atoms with van der Waals surface area (Å²) in [7, 11) is -4.29. The number of rotatable bonds is 7. The first-order valence-corrected chi connectivity index (χ1v) is 10.1. The molecule has 0 fully saturated rings. The van der Waals surface area contributed by atoms with Crippen molar-refractivity contribution < 1.29 is 18.5 Å². The normalized spacial score (nSPS) is 13.4. The van der Waals surface area contributed by atoms with Gasteiger partial charge in [-0.05, 0) is 74.4 Å². The van der Waals surface area contributed by atoms with Crippen molar-refractivity contribution in [3.63, 3.8) is 0 Å². The van der Waals surface area contributed by atoms with E-state index in [1.165, 1.54) is 0 Å². The summed E-state index contributed by atoms with van der Waals surface area (Å²) in [4.78, 5) is 10.3. The predicted octanol–water partition coefficient (Wildman–Crippen LogP) is 5.82. The Morgan fingerprint density at radius 1 is 0.960 bits per heavy atom. The molecule has 1 N–H and O–H groups in total. The lowest BCUT2D eigenvalue weighted by atomic mass is 10.0. The van der Waals surface area contributed by atoms with Gasteiger partial charge in [0.1, 0.15) is 11.5 Å². The molecule has 0 radical (unpaired) electrons. The van der Waals surface area contributed by atoms with Crippen LogP contribution in [0.3, 0.4) is 0 Å². The molecule has 25 heavy (non-hydrogen) atoms. The lowest BCUT2D eigenvalue weighted by Crippen LogP contribution is -2.05. The third-order valence-corrected chi connectivity index (χ3v) is 5.37. The smallest absolute Gasteiger partial charge is 0.395 e. The molecular formula is C20H27O4P. The van der Waals surface area contributed by atoms with E-state index in [9.17, 15) is 9.46 Å². The summed E-state index contributed by atoms with van der Waals surface area (Å²) in [5.41, 5.74) is 4.64. The van der Waals surface area contributed by atoms with Crippen LogP contribution in [0.2, 0.25) is 0 Å². The Morgan fingerprint density at radius 3 is 2.32 bits per heavy atom. The number of hydrogen-bond donors (Lipinski definition) is 1. The topological polar surface area (TPSA) is 55.8 Å². The van der Waals surface area contributed by atoms with Crippen LogP contribution in [0.4, 0.5) is 0 Å². The molecule has 0 aliphatic carbocycles. The van der Waals surface area contributed by atoms with E-state index in [2.05, 4.69) is 6.92 Å². The van der Waals surface area contributed by atoms with E-state index in [1.807, 2.05) is 45.9 Å². The largest absolute Gasteiger partial charge is 0.584 e. The highest BCUT2D eigenvalue weighted by Crippen LogP contribution is 2.47. The Labute approximate surface area is 150 Å². The summed E-state index contributed by atoms with van der Waals surface area (Å²) in [5, 5.41) is 0. The minimum atomic E-state index is -4.29. The summed E-state index contributed by atoms with van der Waals surface area (Å²) in [6.45, 7) is 9.76. The highest BCUT2D eigenvalue weighted by Gasteiger charge is 2.28. The van der Waals surface area contributed by atoms with Crippen molar-refractivity contribution in [2.45, 2.75) is 53.9 Å². The van der Waals surface area contributed by atoms with Crippen LogP contribution < -0.4 is 9.05 Å². The molecule has 4 nitrogen and oxygen atoms in total. The van der Waals surface area contributed by atoms with Crippen molar-refractivity contribution in [2.75, 3.05) is 0 Å². The number of hydrogen-bond acceptors (Lipinski definition) is 3. The second kappa shape index (κ2) is 8.07. The van der Waals surface area contributed by atoms with Crippen molar-refractivity contribution in [3.05, 3.63) is 58.1 Å². The van der Waals surface area contributed by atoms with Crippen LogP contribution >= 0.6 is 7.82 Å². The van der Waals surface area contributed by atoms with Crippen LogP contribution in [-0.4, -0.2) is 4.89 Å². The van der Waals surface area contributed by atoms with E-state index in [0.29, 0.717) is 11.5 Å². The maximum Gasteiger partial charge on any atom is 0.584 e. The predicted molar refractivity (Wildman–Crippen MR) is 102 cm³/mol. The fraction of sp³-hybridized carbons (Fsp3) is 0.400. The zero-order chi connectivity index (χ0) is 18.6. The molecule has 0 spiro atoms. The molecule has 0 heterocycles. The highest BCUT2D eigenvalue weighted by atomic mass is 31.2. The van der Waals surface area contributed by atoms with Gasteiger partial charge in [0.25, 0.3) is 0 Å². The Bertz CT molecular complexity index is 799. The molecule has 1 atom stereocenters. The molecule has 0 amide bonds. The number of phosphoric acid groups is 1. The molecule has 0 aliphatic heterocycles. The van der Waals surface area contributed by atoms with Crippen molar-refractivity contribution in [1.82, 2.24) is 0 Å².